The maximum Gasteiger partial charge on any atom is 0.204 e. The van der Waals surface area contributed by atoms with Crippen molar-refractivity contribution in [3.63, 3.8) is 0 Å². The molecule has 2 N–H and O–H groups in total. The quantitative estimate of drug-likeness (QED) is 0.940. The highest BCUT2D eigenvalue weighted by Crippen LogP contribution is 2.45. The van der Waals surface area contributed by atoms with Gasteiger partial charge in [0.05, 0.1) is 32.2 Å². The predicted octanol–water partition coefficient (Wildman–Crippen LogP) is 3.14. The Morgan fingerprint density at radius 3 is 2.05 bits per heavy atom. The third-order valence-electron chi connectivity index (χ3n) is 3.40. The Balaban J connectivity index is 2.89. The minimum Gasteiger partial charge on any atom is -0.493 e. The van der Waals surface area contributed by atoms with E-state index in [0.717, 1.165) is 16.6 Å². The number of rotatable bonds is 3. The van der Waals surface area contributed by atoms with E-state index >= 15 is 0 Å². The van der Waals surface area contributed by atoms with Gasteiger partial charge in [-0.05, 0) is 6.07 Å². The van der Waals surface area contributed by atoms with E-state index in [9.17, 15) is 0 Å². The van der Waals surface area contributed by atoms with Crippen molar-refractivity contribution in [3.8, 4) is 17.2 Å². The Morgan fingerprint density at radius 1 is 0.952 bits per heavy atom. The highest BCUT2D eigenvalue weighted by atomic mass is 16.5. The summed E-state index contributed by atoms with van der Waals surface area (Å²) in [5, 5.41) is 0.739. The molecule has 2 rings (SSSR count). The number of anilines is 1. The summed E-state index contributed by atoms with van der Waals surface area (Å²) in [7, 11) is 4.73. The van der Waals surface area contributed by atoms with Crippen molar-refractivity contribution in [1.29, 1.82) is 0 Å². The van der Waals surface area contributed by atoms with Gasteiger partial charge in [0.1, 0.15) is 0 Å². The average molecular weight is 290 g/mol. The molecule has 0 unspecified atom stereocenters. The van der Waals surface area contributed by atoms with Gasteiger partial charge in [-0.2, -0.15) is 0 Å². The van der Waals surface area contributed by atoms with Gasteiger partial charge >= 0.3 is 0 Å². The van der Waals surface area contributed by atoms with Crippen LogP contribution in [0.4, 0.5) is 5.69 Å². The number of nitrogens with zero attached hydrogens (tertiary/aromatic N) is 1. The van der Waals surface area contributed by atoms with Crippen LogP contribution in [-0.4, -0.2) is 26.3 Å². The van der Waals surface area contributed by atoms with Crippen LogP contribution >= 0.6 is 0 Å². The molecule has 0 aliphatic carbocycles. The first-order valence-corrected chi connectivity index (χ1v) is 6.73. The van der Waals surface area contributed by atoms with Crippen molar-refractivity contribution in [1.82, 2.24) is 4.98 Å². The number of fused-ring (bicyclic) bond motifs is 1. The van der Waals surface area contributed by atoms with Crippen LogP contribution in [0.3, 0.4) is 0 Å². The number of methoxy groups -OCH3 is 3. The maximum atomic E-state index is 6.23. The molecule has 1 aromatic heterocycles. The Bertz CT molecular complexity index is 676. The topological polar surface area (TPSA) is 66.6 Å². The maximum absolute atomic E-state index is 6.23. The molecule has 0 aliphatic heterocycles. The van der Waals surface area contributed by atoms with Crippen molar-refractivity contribution >= 4 is 16.6 Å². The van der Waals surface area contributed by atoms with Gasteiger partial charge < -0.3 is 19.9 Å². The van der Waals surface area contributed by atoms with Gasteiger partial charge in [-0.1, -0.05) is 20.8 Å². The Morgan fingerprint density at radius 2 is 1.57 bits per heavy atom. The number of benzene rings is 1. The first kappa shape index (κ1) is 15.2. The van der Waals surface area contributed by atoms with Crippen LogP contribution in [0.1, 0.15) is 26.5 Å². The van der Waals surface area contributed by atoms with E-state index < -0.39 is 0 Å². The van der Waals surface area contributed by atoms with Gasteiger partial charge in [-0.3, -0.25) is 4.98 Å². The van der Waals surface area contributed by atoms with E-state index in [1.807, 2.05) is 12.1 Å². The van der Waals surface area contributed by atoms with Gasteiger partial charge in [0.25, 0.3) is 0 Å². The number of ether oxygens (including phenoxy) is 3. The second-order valence-electron chi connectivity index (χ2n) is 5.89. The van der Waals surface area contributed by atoms with Gasteiger partial charge in [0.2, 0.25) is 5.75 Å². The fourth-order valence-electron chi connectivity index (χ4n) is 2.28. The smallest absolute Gasteiger partial charge is 0.204 e. The number of hydrogen-bond donors (Lipinski definition) is 1. The summed E-state index contributed by atoms with van der Waals surface area (Å²) in [6.45, 7) is 6.29. The molecule has 0 radical (unpaired) electrons. The molecule has 2 aromatic rings. The molecule has 0 amide bonds. The molecule has 114 valence electrons. The third kappa shape index (κ3) is 2.55. The summed E-state index contributed by atoms with van der Waals surface area (Å²) in [4.78, 5) is 4.70. The fourth-order valence-corrected chi connectivity index (χ4v) is 2.28. The van der Waals surface area contributed by atoms with E-state index in [1.54, 1.807) is 21.3 Å². The summed E-state index contributed by atoms with van der Waals surface area (Å²) in [6.07, 6.45) is 0. The standard InChI is InChI=1S/C16H22N2O3/c1-16(2,3)12-7-9(17)13-10(18-12)8-11(19-4)14(20-5)15(13)21-6/h7-8H,1-6H3,(H2,17,18). The predicted molar refractivity (Wildman–Crippen MR) is 84.5 cm³/mol. The van der Waals surface area contributed by atoms with Crippen LogP contribution in [0.15, 0.2) is 12.1 Å². The third-order valence-corrected chi connectivity index (χ3v) is 3.40. The lowest BCUT2D eigenvalue weighted by Gasteiger charge is -2.21. The van der Waals surface area contributed by atoms with Crippen LogP contribution in [0.2, 0.25) is 0 Å². The van der Waals surface area contributed by atoms with Crippen LogP contribution in [0.5, 0.6) is 17.2 Å². The molecule has 5 heteroatoms. The SMILES string of the molecule is COc1cc2nc(C(C)(C)C)cc(N)c2c(OC)c1OC. The zero-order chi connectivity index (χ0) is 15.8. The molecule has 21 heavy (non-hydrogen) atoms. The normalized spacial score (nSPS) is 11.5. The molecule has 1 heterocycles. The largest absolute Gasteiger partial charge is 0.493 e. The fraction of sp³-hybridized carbons (Fsp3) is 0.438. The van der Waals surface area contributed by atoms with Gasteiger partial charge in [-0.15, -0.1) is 0 Å². The molecular weight excluding hydrogens is 268 g/mol. The van der Waals surface area contributed by atoms with E-state index in [1.165, 1.54) is 0 Å². The molecule has 0 saturated carbocycles. The number of hydrogen-bond acceptors (Lipinski definition) is 5. The summed E-state index contributed by atoms with van der Waals surface area (Å²) >= 11 is 0. The van der Waals surface area contributed by atoms with Crippen LogP contribution in [0, 0.1) is 0 Å². The Kier molecular flexibility index (Phi) is 3.85. The van der Waals surface area contributed by atoms with Crippen molar-refractivity contribution in [2.75, 3.05) is 27.1 Å². The van der Waals surface area contributed by atoms with Gasteiger partial charge in [0, 0.05) is 22.9 Å². The highest BCUT2D eigenvalue weighted by molar-refractivity contribution is 5.99. The van der Waals surface area contributed by atoms with Crippen molar-refractivity contribution < 1.29 is 14.2 Å². The minimum absolute atomic E-state index is 0.0945. The molecule has 0 bridgehead atoms. The first-order valence-electron chi connectivity index (χ1n) is 6.73. The van der Waals surface area contributed by atoms with E-state index in [-0.39, 0.29) is 5.41 Å². The van der Waals surface area contributed by atoms with Crippen molar-refractivity contribution in [2.45, 2.75) is 26.2 Å². The number of pyridine rings is 1. The Labute approximate surface area is 125 Å². The lowest BCUT2D eigenvalue weighted by molar-refractivity contribution is 0.327. The first-order chi connectivity index (χ1) is 9.83. The lowest BCUT2D eigenvalue weighted by atomic mass is 9.90. The van der Waals surface area contributed by atoms with Crippen LogP contribution < -0.4 is 19.9 Å². The lowest BCUT2D eigenvalue weighted by Crippen LogP contribution is -2.14. The summed E-state index contributed by atoms with van der Waals surface area (Å²) in [6, 6.07) is 3.71. The second-order valence-corrected chi connectivity index (χ2v) is 5.89. The molecule has 1 aromatic carbocycles. The monoisotopic (exact) mass is 290 g/mol. The van der Waals surface area contributed by atoms with E-state index in [4.69, 9.17) is 24.9 Å². The molecule has 0 aliphatic rings. The molecular formula is C16H22N2O3. The zero-order valence-corrected chi connectivity index (χ0v) is 13.4. The second kappa shape index (κ2) is 5.31. The molecule has 0 saturated heterocycles. The zero-order valence-electron chi connectivity index (χ0n) is 13.4. The number of nitrogen functional groups attached to an aromatic ring is 1. The number of aromatic nitrogens is 1. The van der Waals surface area contributed by atoms with E-state index in [0.29, 0.717) is 22.9 Å². The summed E-state index contributed by atoms with van der Waals surface area (Å²) in [5.74, 6) is 1.63. The van der Waals surface area contributed by atoms with E-state index in [2.05, 4.69) is 20.8 Å². The van der Waals surface area contributed by atoms with Gasteiger partial charge in [0.15, 0.2) is 11.5 Å². The molecule has 0 spiro atoms. The summed E-state index contributed by atoms with van der Waals surface area (Å²) in [5.41, 5.74) is 8.40. The average Bonchev–Trinajstić information content (AvgIpc) is 2.43. The van der Waals surface area contributed by atoms with Crippen LogP contribution in [0.25, 0.3) is 10.9 Å². The van der Waals surface area contributed by atoms with Crippen LogP contribution in [-0.2, 0) is 5.41 Å². The summed E-state index contributed by atoms with van der Waals surface area (Å²) < 4.78 is 16.2. The Hall–Kier alpha value is -2.17. The highest BCUT2D eigenvalue weighted by Gasteiger charge is 2.22. The van der Waals surface area contributed by atoms with Gasteiger partial charge in [-0.25, -0.2) is 0 Å². The number of nitrogens with two attached hydrogens (primary N) is 1. The molecule has 0 fully saturated rings. The molecule has 0 atom stereocenters. The molecule has 5 nitrogen and oxygen atoms in total. The minimum atomic E-state index is -0.0945. The van der Waals surface area contributed by atoms with Crippen molar-refractivity contribution in [3.05, 3.63) is 17.8 Å². The van der Waals surface area contributed by atoms with Crippen molar-refractivity contribution in [2.24, 2.45) is 0 Å².